The number of hydrogen-bond donors (Lipinski definition) is 2. The Morgan fingerprint density at radius 2 is 2.13 bits per heavy atom. The van der Waals surface area contributed by atoms with Gasteiger partial charge in [0.05, 0.1) is 0 Å². The number of carbonyl (C=O) groups excluding carboxylic acids is 1. The molecule has 1 aliphatic rings. The average Bonchev–Trinajstić information content (AvgIpc) is 2.55. The predicted molar refractivity (Wildman–Crippen MR) is 93.7 cm³/mol. The summed E-state index contributed by atoms with van der Waals surface area (Å²) in [6.07, 6.45) is 10.4. The number of nitrogens with zero attached hydrogens (tertiary/aromatic N) is 2. The van der Waals surface area contributed by atoms with Gasteiger partial charge in [0, 0.05) is 18.8 Å². The minimum atomic E-state index is -0.120. The molecule has 5 heteroatoms. The number of aryl methyl sites for hydroxylation is 1. The summed E-state index contributed by atoms with van der Waals surface area (Å²) in [7, 11) is 0. The van der Waals surface area contributed by atoms with Gasteiger partial charge in [0.2, 0.25) is 5.95 Å². The third-order valence-electron chi connectivity index (χ3n) is 4.02. The van der Waals surface area contributed by atoms with Crippen LogP contribution in [0.15, 0.2) is 17.7 Å². The van der Waals surface area contributed by atoms with Gasteiger partial charge in [-0.2, -0.15) is 0 Å². The second-order valence-corrected chi connectivity index (χ2v) is 6.11. The lowest BCUT2D eigenvalue weighted by atomic mass is 9.97. The minimum Gasteiger partial charge on any atom is -0.354 e. The molecule has 0 atom stereocenters. The molecule has 0 saturated heterocycles. The number of carbonyl (C=O) groups is 1. The van der Waals surface area contributed by atoms with E-state index in [4.69, 9.17) is 0 Å². The molecule has 1 aromatic rings. The van der Waals surface area contributed by atoms with Crippen molar-refractivity contribution < 1.29 is 4.79 Å². The summed E-state index contributed by atoms with van der Waals surface area (Å²) in [5, 5.41) is 6.15. The maximum atomic E-state index is 12.3. The fraction of sp³-hybridized carbons (Fsp3) is 0.611. The summed E-state index contributed by atoms with van der Waals surface area (Å²) >= 11 is 0. The van der Waals surface area contributed by atoms with Crippen LogP contribution < -0.4 is 10.6 Å². The van der Waals surface area contributed by atoms with Gasteiger partial charge in [-0.3, -0.25) is 4.79 Å². The molecule has 1 aliphatic carbocycles. The van der Waals surface area contributed by atoms with Gasteiger partial charge in [-0.25, -0.2) is 9.97 Å². The predicted octanol–water partition coefficient (Wildman–Crippen LogP) is 3.62. The number of hydrogen-bond acceptors (Lipinski definition) is 4. The Labute approximate surface area is 139 Å². The van der Waals surface area contributed by atoms with Gasteiger partial charge in [0.25, 0.3) is 5.91 Å². The first-order chi connectivity index (χ1) is 11.2. The number of amides is 1. The molecule has 1 heterocycles. The van der Waals surface area contributed by atoms with Crippen molar-refractivity contribution in [3.63, 3.8) is 0 Å². The zero-order valence-electron chi connectivity index (χ0n) is 14.3. The van der Waals surface area contributed by atoms with Crippen LogP contribution in [0, 0.1) is 6.92 Å². The Bertz CT molecular complexity index is 554. The lowest BCUT2D eigenvalue weighted by Crippen LogP contribution is -2.26. The average molecular weight is 316 g/mol. The molecule has 126 valence electrons. The summed E-state index contributed by atoms with van der Waals surface area (Å²) in [4.78, 5) is 20.9. The SMILES string of the molecule is CCCCNc1nc(C)cc(C(=O)NCCC2=CCCCC2)n1. The second-order valence-electron chi connectivity index (χ2n) is 6.11. The minimum absolute atomic E-state index is 0.120. The lowest BCUT2D eigenvalue weighted by Gasteiger charge is -2.13. The Hall–Kier alpha value is -1.91. The molecule has 0 saturated carbocycles. The molecule has 23 heavy (non-hydrogen) atoms. The first-order valence-electron chi connectivity index (χ1n) is 8.74. The van der Waals surface area contributed by atoms with Gasteiger partial charge in [-0.15, -0.1) is 0 Å². The maximum Gasteiger partial charge on any atom is 0.270 e. The molecule has 0 unspecified atom stereocenters. The lowest BCUT2D eigenvalue weighted by molar-refractivity contribution is 0.0949. The zero-order valence-corrected chi connectivity index (χ0v) is 14.3. The molecule has 1 aromatic heterocycles. The van der Waals surface area contributed by atoms with Crippen LogP contribution in [0.3, 0.4) is 0 Å². The largest absolute Gasteiger partial charge is 0.354 e. The highest BCUT2D eigenvalue weighted by Crippen LogP contribution is 2.19. The van der Waals surface area contributed by atoms with Crippen LogP contribution in [-0.2, 0) is 0 Å². The van der Waals surface area contributed by atoms with E-state index in [0.717, 1.165) is 31.5 Å². The van der Waals surface area contributed by atoms with Gasteiger partial charge in [-0.1, -0.05) is 25.0 Å². The standard InChI is InChI=1S/C18H28N4O/c1-3-4-11-20-18-21-14(2)13-16(22-18)17(23)19-12-10-15-8-6-5-7-9-15/h8,13H,3-7,9-12H2,1-2H3,(H,19,23)(H,20,21,22). The van der Waals surface area contributed by atoms with E-state index in [1.807, 2.05) is 6.92 Å². The third-order valence-corrected chi connectivity index (χ3v) is 4.02. The van der Waals surface area contributed by atoms with Crippen LogP contribution in [0.1, 0.15) is 68.1 Å². The van der Waals surface area contributed by atoms with Crippen LogP contribution in [0.4, 0.5) is 5.95 Å². The van der Waals surface area contributed by atoms with E-state index in [0.29, 0.717) is 18.2 Å². The first-order valence-corrected chi connectivity index (χ1v) is 8.74. The van der Waals surface area contributed by atoms with Crippen LogP contribution in [-0.4, -0.2) is 29.0 Å². The van der Waals surface area contributed by atoms with E-state index in [1.54, 1.807) is 6.07 Å². The van der Waals surface area contributed by atoms with E-state index in [1.165, 1.54) is 31.3 Å². The summed E-state index contributed by atoms with van der Waals surface area (Å²) in [6, 6.07) is 1.74. The molecule has 0 radical (unpaired) electrons. The molecule has 2 rings (SSSR count). The van der Waals surface area contributed by atoms with E-state index in [9.17, 15) is 4.79 Å². The topological polar surface area (TPSA) is 66.9 Å². The molecule has 0 fully saturated rings. The van der Waals surface area contributed by atoms with Crippen LogP contribution in [0.25, 0.3) is 0 Å². The number of nitrogens with one attached hydrogen (secondary N) is 2. The smallest absolute Gasteiger partial charge is 0.270 e. The number of unbranched alkanes of at least 4 members (excludes halogenated alkanes) is 1. The summed E-state index contributed by atoms with van der Waals surface area (Å²) in [6.45, 7) is 5.52. The zero-order chi connectivity index (χ0) is 16.5. The van der Waals surface area contributed by atoms with Gasteiger partial charge in [0.15, 0.2) is 0 Å². The molecule has 0 aliphatic heterocycles. The van der Waals surface area contributed by atoms with Crippen molar-refractivity contribution in [2.75, 3.05) is 18.4 Å². The highest BCUT2D eigenvalue weighted by Gasteiger charge is 2.11. The molecule has 2 N–H and O–H groups in total. The fourth-order valence-electron chi connectivity index (χ4n) is 2.70. The highest BCUT2D eigenvalue weighted by molar-refractivity contribution is 5.92. The van der Waals surface area contributed by atoms with E-state index in [2.05, 4.69) is 33.6 Å². The molecular weight excluding hydrogens is 288 g/mol. The first kappa shape index (κ1) is 17.4. The van der Waals surface area contributed by atoms with Crippen LogP contribution in [0.2, 0.25) is 0 Å². The summed E-state index contributed by atoms with van der Waals surface area (Å²) in [5.74, 6) is 0.420. The van der Waals surface area contributed by atoms with E-state index >= 15 is 0 Å². The maximum absolute atomic E-state index is 12.3. The molecular formula is C18H28N4O. The van der Waals surface area contributed by atoms with Crippen LogP contribution >= 0.6 is 0 Å². The summed E-state index contributed by atoms with van der Waals surface area (Å²) in [5.41, 5.74) is 2.71. The molecule has 0 bridgehead atoms. The quantitative estimate of drug-likeness (QED) is 0.568. The van der Waals surface area contributed by atoms with Crippen molar-refractivity contribution in [2.24, 2.45) is 0 Å². The number of rotatable bonds is 8. The third kappa shape index (κ3) is 6.00. The molecule has 1 amide bonds. The fourth-order valence-corrected chi connectivity index (χ4v) is 2.70. The Morgan fingerprint density at radius 1 is 1.26 bits per heavy atom. The van der Waals surface area contributed by atoms with Crippen molar-refractivity contribution in [1.29, 1.82) is 0 Å². The Balaban J connectivity index is 1.86. The van der Waals surface area contributed by atoms with Crippen LogP contribution in [0.5, 0.6) is 0 Å². The van der Waals surface area contributed by atoms with Crippen molar-refractivity contribution in [3.8, 4) is 0 Å². The van der Waals surface area contributed by atoms with Crippen molar-refractivity contribution in [2.45, 2.75) is 58.8 Å². The van der Waals surface area contributed by atoms with Crippen molar-refractivity contribution in [3.05, 3.63) is 29.1 Å². The normalized spacial score (nSPS) is 14.3. The van der Waals surface area contributed by atoms with E-state index in [-0.39, 0.29) is 5.91 Å². The van der Waals surface area contributed by atoms with Crippen molar-refractivity contribution >= 4 is 11.9 Å². The monoisotopic (exact) mass is 316 g/mol. The number of aromatic nitrogens is 2. The van der Waals surface area contributed by atoms with Crippen molar-refractivity contribution in [1.82, 2.24) is 15.3 Å². The number of allylic oxidation sites excluding steroid dienone is 1. The highest BCUT2D eigenvalue weighted by atomic mass is 16.1. The van der Waals surface area contributed by atoms with Gasteiger partial charge in [0.1, 0.15) is 5.69 Å². The van der Waals surface area contributed by atoms with Gasteiger partial charge >= 0.3 is 0 Å². The molecule has 5 nitrogen and oxygen atoms in total. The molecule has 0 aromatic carbocycles. The molecule has 0 spiro atoms. The second kappa shape index (κ2) is 9.28. The Kier molecular flexibility index (Phi) is 7.04. The number of anilines is 1. The van der Waals surface area contributed by atoms with Gasteiger partial charge < -0.3 is 10.6 Å². The van der Waals surface area contributed by atoms with E-state index < -0.39 is 0 Å². The van der Waals surface area contributed by atoms with Gasteiger partial charge in [-0.05, 0) is 51.5 Å². The summed E-state index contributed by atoms with van der Waals surface area (Å²) < 4.78 is 0. The Morgan fingerprint density at radius 3 is 2.87 bits per heavy atom.